The molecule has 0 bridgehead atoms. The van der Waals surface area contributed by atoms with Gasteiger partial charge >= 0.3 is 0 Å². The van der Waals surface area contributed by atoms with Gasteiger partial charge < -0.3 is 15.5 Å². The monoisotopic (exact) mass is 514 g/mol. The van der Waals surface area contributed by atoms with Gasteiger partial charge in [-0.1, -0.05) is 55.4 Å². The van der Waals surface area contributed by atoms with Crippen molar-refractivity contribution in [2.75, 3.05) is 37.6 Å². The van der Waals surface area contributed by atoms with E-state index in [-0.39, 0.29) is 5.91 Å². The molecule has 3 aromatic rings. The molecule has 0 radical (unpaired) electrons. The second kappa shape index (κ2) is 12.9. The zero-order chi connectivity index (χ0) is 26.2. The Hall–Kier alpha value is -3.09. The van der Waals surface area contributed by atoms with Crippen molar-refractivity contribution in [2.45, 2.75) is 50.3 Å². The van der Waals surface area contributed by atoms with Crippen molar-refractivity contribution in [2.24, 2.45) is 4.99 Å². The van der Waals surface area contributed by atoms with Gasteiger partial charge in [0.25, 0.3) is 5.91 Å². The van der Waals surface area contributed by atoms with Crippen molar-refractivity contribution in [1.29, 1.82) is 0 Å². The standard InChI is InChI=1S/C31H38N4OS/c1-5-10-26-25-12-7-8-14-29(25)37-30-16-15-24(21-27(30)34-26)31(36)33-18-17-32-19-20-35(6-2)28-13-9-11-22(3)23(28)4/h7-9,11-16,21,32H,5-6,10,17-20H2,1-4H3,(H,33,36). The van der Waals surface area contributed by atoms with E-state index in [0.717, 1.165) is 55.3 Å². The Morgan fingerprint density at radius 1 is 0.946 bits per heavy atom. The largest absolute Gasteiger partial charge is 0.370 e. The van der Waals surface area contributed by atoms with Gasteiger partial charge in [0.15, 0.2) is 0 Å². The summed E-state index contributed by atoms with van der Waals surface area (Å²) in [5.74, 6) is -0.0610. The van der Waals surface area contributed by atoms with Crippen molar-refractivity contribution < 1.29 is 4.79 Å². The summed E-state index contributed by atoms with van der Waals surface area (Å²) in [5.41, 5.74) is 7.77. The summed E-state index contributed by atoms with van der Waals surface area (Å²) in [5, 5.41) is 6.52. The molecular weight excluding hydrogens is 476 g/mol. The molecule has 1 aliphatic heterocycles. The molecule has 0 fully saturated rings. The van der Waals surface area contributed by atoms with E-state index in [4.69, 9.17) is 4.99 Å². The van der Waals surface area contributed by atoms with Gasteiger partial charge in [-0.05, 0) is 68.7 Å². The average Bonchev–Trinajstić information content (AvgIpc) is 3.06. The lowest BCUT2D eigenvalue weighted by Crippen LogP contribution is -2.36. The van der Waals surface area contributed by atoms with Gasteiger partial charge in [-0.2, -0.15) is 0 Å². The van der Waals surface area contributed by atoms with E-state index in [1.807, 2.05) is 18.2 Å². The highest BCUT2D eigenvalue weighted by Crippen LogP contribution is 2.41. The van der Waals surface area contributed by atoms with E-state index in [9.17, 15) is 4.79 Å². The van der Waals surface area contributed by atoms with Crippen LogP contribution in [0.5, 0.6) is 0 Å². The minimum Gasteiger partial charge on any atom is -0.370 e. The molecule has 3 aromatic carbocycles. The SMILES string of the molecule is CCCC1=Nc2cc(C(=O)NCCNCCN(CC)c3cccc(C)c3C)ccc2Sc2ccccc21. The Kier molecular flexibility index (Phi) is 9.42. The molecular formula is C31H38N4OS. The van der Waals surface area contributed by atoms with Gasteiger partial charge in [0.2, 0.25) is 0 Å². The summed E-state index contributed by atoms with van der Waals surface area (Å²) in [7, 11) is 0. The first-order valence-electron chi connectivity index (χ1n) is 13.3. The zero-order valence-electron chi connectivity index (χ0n) is 22.4. The number of aryl methyl sites for hydroxylation is 1. The molecule has 6 heteroatoms. The predicted molar refractivity (Wildman–Crippen MR) is 157 cm³/mol. The predicted octanol–water partition coefficient (Wildman–Crippen LogP) is 6.53. The number of carbonyl (C=O) groups excluding carboxylic acids is 1. The van der Waals surface area contributed by atoms with Crippen molar-refractivity contribution in [3.05, 3.63) is 82.9 Å². The van der Waals surface area contributed by atoms with Gasteiger partial charge in [-0.3, -0.25) is 9.79 Å². The molecule has 1 amide bonds. The van der Waals surface area contributed by atoms with E-state index < -0.39 is 0 Å². The molecule has 194 valence electrons. The van der Waals surface area contributed by atoms with Crippen LogP contribution in [-0.4, -0.2) is 44.3 Å². The molecule has 0 saturated heterocycles. The third kappa shape index (κ3) is 6.62. The van der Waals surface area contributed by atoms with Crippen molar-refractivity contribution >= 4 is 34.8 Å². The Morgan fingerprint density at radius 2 is 1.78 bits per heavy atom. The molecule has 4 rings (SSSR count). The van der Waals surface area contributed by atoms with E-state index in [0.29, 0.717) is 12.1 Å². The third-order valence-corrected chi connectivity index (χ3v) is 7.97. The van der Waals surface area contributed by atoms with Crippen molar-refractivity contribution in [1.82, 2.24) is 10.6 Å². The molecule has 1 heterocycles. The van der Waals surface area contributed by atoms with Gasteiger partial charge in [-0.15, -0.1) is 0 Å². The van der Waals surface area contributed by atoms with Crippen molar-refractivity contribution in [3.63, 3.8) is 0 Å². The summed E-state index contributed by atoms with van der Waals surface area (Å²) in [4.78, 5) is 22.6. The maximum absolute atomic E-state index is 12.9. The van der Waals surface area contributed by atoms with Crippen LogP contribution in [0.2, 0.25) is 0 Å². The van der Waals surface area contributed by atoms with Gasteiger partial charge in [0.1, 0.15) is 0 Å². The first-order valence-corrected chi connectivity index (χ1v) is 14.1. The number of nitrogens with one attached hydrogen (secondary N) is 2. The highest BCUT2D eigenvalue weighted by atomic mass is 32.2. The molecule has 0 saturated carbocycles. The molecule has 0 spiro atoms. The number of hydrogen-bond acceptors (Lipinski definition) is 5. The summed E-state index contributed by atoms with van der Waals surface area (Å²) < 4.78 is 0. The zero-order valence-corrected chi connectivity index (χ0v) is 23.3. The number of likely N-dealkylation sites (N-methyl/N-ethyl adjacent to an activating group) is 1. The number of amides is 1. The molecule has 0 aromatic heterocycles. The minimum atomic E-state index is -0.0610. The van der Waals surface area contributed by atoms with E-state index in [1.54, 1.807) is 11.8 Å². The fourth-order valence-electron chi connectivity index (χ4n) is 4.61. The first-order chi connectivity index (χ1) is 18.0. The summed E-state index contributed by atoms with van der Waals surface area (Å²) >= 11 is 1.72. The quantitative estimate of drug-likeness (QED) is 0.286. The van der Waals surface area contributed by atoms with Crippen LogP contribution in [-0.2, 0) is 0 Å². The maximum Gasteiger partial charge on any atom is 0.251 e. The van der Waals surface area contributed by atoms with E-state index in [2.05, 4.69) is 85.7 Å². The second-order valence-electron chi connectivity index (χ2n) is 9.39. The van der Waals surface area contributed by atoms with Crippen LogP contribution >= 0.6 is 11.8 Å². The fraction of sp³-hybridized carbons (Fsp3) is 0.355. The normalized spacial score (nSPS) is 12.3. The van der Waals surface area contributed by atoms with E-state index in [1.165, 1.54) is 27.3 Å². The van der Waals surface area contributed by atoms with Crippen LogP contribution in [0.3, 0.4) is 0 Å². The number of anilines is 1. The summed E-state index contributed by atoms with van der Waals surface area (Å²) in [6.45, 7) is 12.8. The third-order valence-electron chi connectivity index (χ3n) is 6.83. The number of fused-ring (bicyclic) bond motifs is 2. The van der Waals surface area contributed by atoms with Crippen LogP contribution in [0.1, 0.15) is 53.7 Å². The molecule has 0 aliphatic carbocycles. The number of rotatable bonds is 11. The molecule has 37 heavy (non-hydrogen) atoms. The molecule has 5 nitrogen and oxygen atoms in total. The lowest BCUT2D eigenvalue weighted by Gasteiger charge is -2.26. The summed E-state index contributed by atoms with van der Waals surface area (Å²) in [6, 6.07) is 20.8. The Labute approximate surface area is 225 Å². The number of carbonyl (C=O) groups is 1. The molecule has 0 unspecified atom stereocenters. The van der Waals surface area contributed by atoms with Crippen LogP contribution in [0.15, 0.2) is 75.4 Å². The lowest BCUT2D eigenvalue weighted by molar-refractivity contribution is 0.0954. The number of benzene rings is 3. The van der Waals surface area contributed by atoms with Crippen molar-refractivity contribution in [3.8, 4) is 0 Å². The van der Waals surface area contributed by atoms with Crippen LogP contribution < -0.4 is 15.5 Å². The fourth-order valence-corrected chi connectivity index (χ4v) is 5.63. The second-order valence-corrected chi connectivity index (χ2v) is 10.5. The van der Waals surface area contributed by atoms with Gasteiger partial charge in [0.05, 0.1) is 5.69 Å². The van der Waals surface area contributed by atoms with E-state index >= 15 is 0 Å². The minimum absolute atomic E-state index is 0.0610. The van der Waals surface area contributed by atoms with Crippen LogP contribution in [0, 0.1) is 13.8 Å². The highest BCUT2D eigenvalue weighted by molar-refractivity contribution is 7.99. The lowest BCUT2D eigenvalue weighted by atomic mass is 10.1. The molecule has 0 atom stereocenters. The Bertz CT molecular complexity index is 1270. The molecule has 2 N–H and O–H groups in total. The Balaban J connectivity index is 1.30. The Morgan fingerprint density at radius 3 is 2.59 bits per heavy atom. The summed E-state index contributed by atoms with van der Waals surface area (Å²) in [6.07, 6.45) is 1.94. The topological polar surface area (TPSA) is 56.7 Å². The average molecular weight is 515 g/mol. The maximum atomic E-state index is 12.9. The number of aliphatic imine (C=N–C) groups is 1. The van der Waals surface area contributed by atoms with Gasteiger partial charge in [0, 0.05) is 65.0 Å². The highest BCUT2D eigenvalue weighted by Gasteiger charge is 2.18. The molecule has 1 aliphatic rings. The number of hydrogen-bond donors (Lipinski definition) is 2. The first kappa shape index (κ1) is 27.0. The van der Waals surface area contributed by atoms with Crippen LogP contribution in [0.25, 0.3) is 0 Å². The number of nitrogens with zero attached hydrogens (tertiary/aromatic N) is 2. The van der Waals surface area contributed by atoms with Crippen LogP contribution in [0.4, 0.5) is 11.4 Å². The van der Waals surface area contributed by atoms with Gasteiger partial charge in [-0.25, -0.2) is 0 Å². The smallest absolute Gasteiger partial charge is 0.251 e.